The van der Waals surface area contributed by atoms with Crippen LogP contribution in [0.2, 0.25) is 0 Å². The van der Waals surface area contributed by atoms with Crippen LogP contribution in [0.1, 0.15) is 29.8 Å². The van der Waals surface area contributed by atoms with Crippen LogP contribution in [-0.2, 0) is 6.54 Å². The molecule has 6 aromatic rings. The van der Waals surface area contributed by atoms with Gasteiger partial charge in [0.25, 0.3) is 0 Å². The minimum absolute atomic E-state index is 0.495. The molecule has 0 spiro atoms. The molecule has 6 heterocycles. The molecule has 0 aliphatic carbocycles. The highest BCUT2D eigenvalue weighted by molar-refractivity contribution is 6.11. The Morgan fingerprint density at radius 3 is 2.45 bits per heavy atom. The number of benzene rings is 2. The van der Waals surface area contributed by atoms with Gasteiger partial charge in [0.05, 0.1) is 17.9 Å². The Hall–Kier alpha value is -5.08. The van der Waals surface area contributed by atoms with Crippen LogP contribution in [0.4, 0.5) is 0 Å². The molecule has 44 heavy (non-hydrogen) atoms. The van der Waals surface area contributed by atoms with Gasteiger partial charge in [-0.2, -0.15) is 9.61 Å². The van der Waals surface area contributed by atoms with Crippen molar-refractivity contribution in [2.75, 3.05) is 19.6 Å². The summed E-state index contributed by atoms with van der Waals surface area (Å²) in [5.74, 6) is 1.27. The van der Waals surface area contributed by atoms with Gasteiger partial charge in [-0.15, -0.1) is 0 Å². The van der Waals surface area contributed by atoms with E-state index in [1.807, 2.05) is 48.0 Å². The normalized spacial score (nSPS) is 16.0. The lowest BCUT2D eigenvalue weighted by Gasteiger charge is -2.32. The summed E-state index contributed by atoms with van der Waals surface area (Å²) in [6.07, 6.45) is 5.92. The molecule has 4 aromatic heterocycles. The van der Waals surface area contributed by atoms with E-state index in [1.165, 1.54) is 11.3 Å². The van der Waals surface area contributed by atoms with Crippen LogP contribution in [0.3, 0.4) is 0 Å². The second-order valence-electron chi connectivity index (χ2n) is 11.7. The van der Waals surface area contributed by atoms with Crippen LogP contribution in [0, 0.1) is 12.8 Å². The van der Waals surface area contributed by atoms with Crippen molar-refractivity contribution in [2.24, 2.45) is 15.9 Å². The van der Waals surface area contributed by atoms with Crippen LogP contribution in [-0.4, -0.2) is 60.6 Å². The average molecular weight is 577 g/mol. The van der Waals surface area contributed by atoms with E-state index < -0.39 is 0 Å². The number of rotatable bonds is 6. The molecule has 2 aromatic carbocycles. The van der Waals surface area contributed by atoms with Crippen molar-refractivity contribution in [3.05, 3.63) is 114 Å². The number of piperidine rings is 1. The molecule has 0 unspecified atom stereocenters. The Morgan fingerprint density at radius 2 is 1.66 bits per heavy atom. The van der Waals surface area contributed by atoms with E-state index in [0.717, 1.165) is 88.8 Å². The molecule has 1 saturated heterocycles. The molecule has 0 saturated carbocycles. The number of amidine groups is 1. The van der Waals surface area contributed by atoms with Crippen molar-refractivity contribution in [2.45, 2.75) is 26.3 Å². The molecule has 0 atom stereocenters. The van der Waals surface area contributed by atoms with Crippen LogP contribution in [0.5, 0.6) is 0 Å². The van der Waals surface area contributed by atoms with E-state index >= 15 is 0 Å². The zero-order chi connectivity index (χ0) is 29.5. The topological polar surface area (TPSA) is 83.9 Å². The van der Waals surface area contributed by atoms with Gasteiger partial charge in [0.1, 0.15) is 5.69 Å². The molecular formula is C36H32N8. The molecular weight excluding hydrogens is 544 g/mol. The van der Waals surface area contributed by atoms with Gasteiger partial charge in [-0.3, -0.25) is 14.9 Å². The monoisotopic (exact) mass is 576 g/mol. The Balaban J connectivity index is 1.01. The van der Waals surface area contributed by atoms with Crippen LogP contribution in [0.25, 0.3) is 39.1 Å². The van der Waals surface area contributed by atoms with Crippen LogP contribution in [0.15, 0.2) is 107 Å². The Kier molecular flexibility index (Phi) is 6.76. The third-order valence-electron chi connectivity index (χ3n) is 8.69. The predicted molar refractivity (Wildman–Crippen MR) is 175 cm³/mol. The predicted octanol–water partition coefficient (Wildman–Crippen LogP) is 6.43. The molecule has 8 heteroatoms. The van der Waals surface area contributed by atoms with Gasteiger partial charge in [0.2, 0.25) is 0 Å². The van der Waals surface area contributed by atoms with Crippen molar-refractivity contribution in [3.8, 4) is 22.4 Å². The number of nitrogens with zero attached hydrogens (tertiary/aromatic N) is 8. The zero-order valence-corrected chi connectivity index (χ0v) is 24.6. The number of likely N-dealkylation sites (tertiary alicyclic amines) is 1. The molecule has 0 radical (unpaired) electrons. The third kappa shape index (κ3) is 5.07. The maximum absolute atomic E-state index is 5.20. The minimum atomic E-state index is 0.495. The molecule has 2 aliphatic heterocycles. The Bertz CT molecular complexity index is 2020. The number of hydrogen-bond acceptors (Lipinski definition) is 7. The van der Waals surface area contributed by atoms with E-state index in [-0.39, 0.29) is 0 Å². The molecule has 8 nitrogen and oxygen atoms in total. The van der Waals surface area contributed by atoms with Crippen molar-refractivity contribution in [1.82, 2.24) is 29.5 Å². The summed E-state index contributed by atoms with van der Waals surface area (Å²) in [6, 6.07) is 29.4. The van der Waals surface area contributed by atoms with E-state index in [9.17, 15) is 0 Å². The second-order valence-corrected chi connectivity index (χ2v) is 11.7. The van der Waals surface area contributed by atoms with Gasteiger partial charge in [-0.1, -0.05) is 60.7 Å². The standard InChI is InChI=1S/C36H32N8/c1-24-19-33-38-21-29-20-30(26-7-3-2-4-8-26)34(41-36(29)44(33)42-24)28-12-10-25(11-13-28)23-43-17-14-27(15-18-43)32-22-39-35(40-32)31-9-5-6-16-37-31/h2-13,16,19-21,27H,14-15,17-18,22-23H2,1H3. The summed E-state index contributed by atoms with van der Waals surface area (Å²) in [5, 5.41) is 5.64. The maximum Gasteiger partial charge on any atom is 0.173 e. The first kappa shape index (κ1) is 26.5. The number of aryl methyl sites for hydroxylation is 1. The second kappa shape index (κ2) is 11.2. The summed E-state index contributed by atoms with van der Waals surface area (Å²) in [6.45, 7) is 5.74. The SMILES string of the molecule is Cc1cc2ncc3cc(-c4ccccc4)c(-c4ccc(CN5CCC(C6=NC(c7ccccn7)=NC6)CC5)cc4)nc3n2n1. The highest BCUT2D eigenvalue weighted by Crippen LogP contribution is 2.34. The number of aromatic nitrogens is 5. The Labute approximate surface area is 255 Å². The number of fused-ring (bicyclic) bond motifs is 3. The number of pyridine rings is 2. The molecule has 8 rings (SSSR count). The van der Waals surface area contributed by atoms with Gasteiger partial charge >= 0.3 is 0 Å². The highest BCUT2D eigenvalue weighted by Gasteiger charge is 2.26. The van der Waals surface area contributed by atoms with Gasteiger partial charge in [0.15, 0.2) is 17.1 Å². The van der Waals surface area contributed by atoms with Crippen LogP contribution >= 0.6 is 0 Å². The fourth-order valence-electron chi connectivity index (χ4n) is 6.38. The quantitative estimate of drug-likeness (QED) is 0.228. The van der Waals surface area contributed by atoms with Gasteiger partial charge in [0, 0.05) is 53.1 Å². The third-order valence-corrected chi connectivity index (χ3v) is 8.69. The first-order valence-electron chi connectivity index (χ1n) is 15.2. The van der Waals surface area contributed by atoms with Crippen molar-refractivity contribution >= 4 is 28.2 Å². The van der Waals surface area contributed by atoms with Gasteiger partial charge < -0.3 is 0 Å². The molecule has 0 N–H and O–H groups in total. The first-order valence-corrected chi connectivity index (χ1v) is 15.2. The summed E-state index contributed by atoms with van der Waals surface area (Å²) in [7, 11) is 0. The fourth-order valence-corrected chi connectivity index (χ4v) is 6.38. The molecule has 0 bridgehead atoms. The molecule has 1 fully saturated rings. The Morgan fingerprint density at radius 1 is 0.841 bits per heavy atom. The average Bonchev–Trinajstić information content (AvgIpc) is 3.73. The van der Waals surface area contributed by atoms with E-state index in [0.29, 0.717) is 12.5 Å². The number of hydrogen-bond donors (Lipinski definition) is 0. The largest absolute Gasteiger partial charge is 0.299 e. The first-order chi connectivity index (χ1) is 21.7. The number of aliphatic imine (C=N–C) groups is 2. The molecule has 2 aliphatic rings. The van der Waals surface area contributed by atoms with Crippen LogP contribution < -0.4 is 0 Å². The van der Waals surface area contributed by atoms with Crippen molar-refractivity contribution in [3.63, 3.8) is 0 Å². The molecule has 216 valence electrons. The minimum Gasteiger partial charge on any atom is -0.299 e. The summed E-state index contributed by atoms with van der Waals surface area (Å²) >= 11 is 0. The van der Waals surface area contributed by atoms with Gasteiger partial charge in [-0.25, -0.2) is 15.0 Å². The fraction of sp³-hybridized carbons (Fsp3) is 0.222. The van der Waals surface area contributed by atoms with E-state index in [2.05, 4.69) is 79.6 Å². The highest BCUT2D eigenvalue weighted by atomic mass is 15.3. The molecule has 0 amide bonds. The lowest BCUT2D eigenvalue weighted by molar-refractivity contribution is 0.201. The van der Waals surface area contributed by atoms with E-state index in [4.69, 9.17) is 9.98 Å². The lowest BCUT2D eigenvalue weighted by atomic mass is 9.91. The van der Waals surface area contributed by atoms with Crippen molar-refractivity contribution in [1.29, 1.82) is 0 Å². The zero-order valence-electron chi connectivity index (χ0n) is 24.6. The maximum atomic E-state index is 5.20. The smallest absolute Gasteiger partial charge is 0.173 e. The van der Waals surface area contributed by atoms with Crippen molar-refractivity contribution < 1.29 is 0 Å². The summed E-state index contributed by atoms with van der Waals surface area (Å²) in [4.78, 5) is 26.3. The summed E-state index contributed by atoms with van der Waals surface area (Å²) < 4.78 is 1.85. The lowest BCUT2D eigenvalue weighted by Crippen LogP contribution is -2.36. The van der Waals surface area contributed by atoms with Gasteiger partial charge in [-0.05, 0) is 62.2 Å². The summed E-state index contributed by atoms with van der Waals surface area (Å²) in [5.41, 5.74) is 10.2. The van der Waals surface area contributed by atoms with E-state index in [1.54, 1.807) is 6.20 Å².